The van der Waals surface area contributed by atoms with E-state index in [9.17, 15) is 14.4 Å². The summed E-state index contributed by atoms with van der Waals surface area (Å²) < 4.78 is 0. The summed E-state index contributed by atoms with van der Waals surface area (Å²) >= 11 is 6.25. The van der Waals surface area contributed by atoms with Gasteiger partial charge in [0.05, 0.1) is 16.1 Å². The molecule has 0 atom stereocenters. The fraction of sp³-hybridized carbons (Fsp3) is 0.316. The smallest absolute Gasteiger partial charge is 0.255 e. The molecule has 1 saturated heterocycles. The monoisotopic (exact) mass is 373 g/mol. The van der Waals surface area contributed by atoms with Gasteiger partial charge in [0.2, 0.25) is 5.56 Å². The molecule has 1 fully saturated rings. The number of aromatic nitrogens is 1. The number of carbonyl (C=O) groups is 2. The highest BCUT2D eigenvalue weighted by Crippen LogP contribution is 2.23. The van der Waals surface area contributed by atoms with Crippen molar-refractivity contribution in [2.45, 2.75) is 13.8 Å². The number of nitrogens with zero attached hydrogens (tertiary/aromatic N) is 2. The van der Waals surface area contributed by atoms with Crippen LogP contribution in [0.3, 0.4) is 0 Å². The number of nitrogens with one attached hydrogen (secondary N) is 1. The molecule has 0 bridgehead atoms. The number of pyridine rings is 1. The van der Waals surface area contributed by atoms with Gasteiger partial charge in [0, 0.05) is 38.4 Å². The Morgan fingerprint density at radius 2 is 1.54 bits per heavy atom. The number of aryl methyl sites for hydroxylation is 2. The van der Waals surface area contributed by atoms with Gasteiger partial charge in [0.25, 0.3) is 11.8 Å². The predicted octanol–water partition coefficient (Wildman–Crippen LogP) is 2.24. The predicted molar refractivity (Wildman–Crippen MR) is 99.8 cm³/mol. The maximum absolute atomic E-state index is 12.8. The molecule has 1 aliphatic rings. The molecule has 3 rings (SSSR count). The third-order valence-corrected chi connectivity index (χ3v) is 5.01. The fourth-order valence-corrected chi connectivity index (χ4v) is 3.25. The van der Waals surface area contributed by atoms with Crippen LogP contribution in [-0.4, -0.2) is 52.8 Å². The summed E-state index contributed by atoms with van der Waals surface area (Å²) in [4.78, 5) is 42.2. The summed E-state index contributed by atoms with van der Waals surface area (Å²) in [6.45, 7) is 5.66. The van der Waals surface area contributed by atoms with Crippen molar-refractivity contribution in [3.63, 3.8) is 0 Å². The van der Waals surface area contributed by atoms with E-state index in [1.807, 2.05) is 19.9 Å². The number of piperazine rings is 1. The number of aromatic amines is 1. The van der Waals surface area contributed by atoms with Crippen molar-refractivity contribution in [3.8, 4) is 0 Å². The van der Waals surface area contributed by atoms with Crippen molar-refractivity contribution in [1.82, 2.24) is 14.8 Å². The Kier molecular flexibility index (Phi) is 5.13. The summed E-state index contributed by atoms with van der Waals surface area (Å²) in [7, 11) is 0. The summed E-state index contributed by atoms with van der Waals surface area (Å²) in [5.74, 6) is -0.271. The van der Waals surface area contributed by atoms with Crippen molar-refractivity contribution in [1.29, 1.82) is 0 Å². The molecule has 1 N–H and O–H groups in total. The van der Waals surface area contributed by atoms with Crippen LogP contribution in [0.2, 0.25) is 5.02 Å². The van der Waals surface area contributed by atoms with E-state index in [0.717, 1.165) is 11.1 Å². The number of benzene rings is 1. The molecule has 136 valence electrons. The van der Waals surface area contributed by atoms with E-state index in [0.29, 0.717) is 42.3 Å². The van der Waals surface area contributed by atoms with Crippen LogP contribution in [-0.2, 0) is 0 Å². The number of rotatable bonds is 2. The highest BCUT2D eigenvalue weighted by Gasteiger charge is 2.26. The van der Waals surface area contributed by atoms with Crippen LogP contribution < -0.4 is 5.56 Å². The second-order valence-electron chi connectivity index (χ2n) is 6.44. The standard InChI is InChI=1S/C19H20ClN3O3/c1-12-9-15(16(20)10-13(12)2)19(26)23-7-5-22(6-8-23)18(25)14-3-4-17(24)21-11-14/h3-4,9-11H,5-8H2,1-2H3,(H,21,24). The van der Waals surface area contributed by atoms with Crippen LogP contribution >= 0.6 is 11.6 Å². The number of amides is 2. The molecule has 0 aliphatic carbocycles. The van der Waals surface area contributed by atoms with Gasteiger partial charge in [-0.05, 0) is 43.2 Å². The van der Waals surface area contributed by atoms with Crippen molar-refractivity contribution in [3.05, 3.63) is 68.1 Å². The molecular formula is C19H20ClN3O3. The van der Waals surface area contributed by atoms with Gasteiger partial charge in [-0.15, -0.1) is 0 Å². The molecule has 1 aromatic carbocycles. The number of H-pyrrole nitrogens is 1. The first-order chi connectivity index (χ1) is 12.4. The third-order valence-electron chi connectivity index (χ3n) is 4.70. The lowest BCUT2D eigenvalue weighted by Crippen LogP contribution is -2.50. The van der Waals surface area contributed by atoms with Crippen molar-refractivity contribution in [2.24, 2.45) is 0 Å². The Labute approximate surface area is 156 Å². The topological polar surface area (TPSA) is 73.5 Å². The van der Waals surface area contributed by atoms with Gasteiger partial charge < -0.3 is 14.8 Å². The van der Waals surface area contributed by atoms with E-state index in [1.54, 1.807) is 15.9 Å². The van der Waals surface area contributed by atoms with E-state index >= 15 is 0 Å². The number of carbonyl (C=O) groups excluding carboxylic acids is 2. The quantitative estimate of drug-likeness (QED) is 0.877. The average Bonchev–Trinajstić information content (AvgIpc) is 2.64. The Bertz CT molecular complexity index is 894. The molecule has 2 heterocycles. The molecule has 0 unspecified atom stereocenters. The molecule has 0 spiro atoms. The van der Waals surface area contributed by atoms with Crippen LogP contribution in [0.1, 0.15) is 31.8 Å². The minimum Gasteiger partial charge on any atom is -0.335 e. The SMILES string of the molecule is Cc1cc(Cl)c(C(=O)N2CCN(C(=O)c3ccc(=O)[nH]c3)CC2)cc1C. The highest BCUT2D eigenvalue weighted by atomic mass is 35.5. The van der Waals surface area contributed by atoms with Gasteiger partial charge in [0.15, 0.2) is 0 Å². The molecule has 2 aromatic rings. The molecule has 0 saturated carbocycles. The molecule has 6 nitrogen and oxygen atoms in total. The minimum atomic E-state index is -0.248. The maximum Gasteiger partial charge on any atom is 0.255 e. The Morgan fingerprint density at radius 3 is 2.12 bits per heavy atom. The number of hydrogen-bond acceptors (Lipinski definition) is 3. The van der Waals surface area contributed by atoms with E-state index in [-0.39, 0.29) is 17.4 Å². The zero-order valence-corrected chi connectivity index (χ0v) is 15.5. The van der Waals surface area contributed by atoms with E-state index in [2.05, 4.69) is 4.98 Å². The summed E-state index contributed by atoms with van der Waals surface area (Å²) in [5, 5.41) is 0.449. The van der Waals surface area contributed by atoms with Gasteiger partial charge in [-0.3, -0.25) is 14.4 Å². The summed E-state index contributed by atoms with van der Waals surface area (Å²) in [5.41, 5.74) is 2.74. The second-order valence-corrected chi connectivity index (χ2v) is 6.85. The lowest BCUT2D eigenvalue weighted by molar-refractivity contribution is 0.0535. The zero-order chi connectivity index (χ0) is 18.8. The molecule has 7 heteroatoms. The van der Waals surface area contributed by atoms with E-state index in [4.69, 9.17) is 11.6 Å². The molecule has 1 aliphatic heterocycles. The number of halogens is 1. The van der Waals surface area contributed by atoms with Gasteiger partial charge >= 0.3 is 0 Å². The average molecular weight is 374 g/mol. The van der Waals surface area contributed by atoms with Crippen molar-refractivity contribution >= 4 is 23.4 Å². The van der Waals surface area contributed by atoms with Crippen LogP contribution in [0.15, 0.2) is 35.3 Å². The normalized spacial score (nSPS) is 14.4. The van der Waals surface area contributed by atoms with Gasteiger partial charge in [0.1, 0.15) is 0 Å². The zero-order valence-electron chi connectivity index (χ0n) is 14.7. The minimum absolute atomic E-state index is 0.116. The Balaban J connectivity index is 1.67. The highest BCUT2D eigenvalue weighted by molar-refractivity contribution is 6.34. The van der Waals surface area contributed by atoms with Crippen LogP contribution in [0, 0.1) is 13.8 Å². The Morgan fingerprint density at radius 1 is 0.962 bits per heavy atom. The van der Waals surface area contributed by atoms with Crippen molar-refractivity contribution < 1.29 is 9.59 Å². The first-order valence-electron chi connectivity index (χ1n) is 8.41. The molecule has 0 radical (unpaired) electrons. The molecule has 2 amide bonds. The second kappa shape index (κ2) is 7.33. The van der Waals surface area contributed by atoms with Gasteiger partial charge in [-0.2, -0.15) is 0 Å². The molecule has 26 heavy (non-hydrogen) atoms. The number of hydrogen-bond donors (Lipinski definition) is 1. The van der Waals surface area contributed by atoms with Crippen molar-refractivity contribution in [2.75, 3.05) is 26.2 Å². The summed E-state index contributed by atoms with van der Waals surface area (Å²) in [6.07, 6.45) is 1.41. The van der Waals surface area contributed by atoms with E-state index in [1.165, 1.54) is 18.3 Å². The molecular weight excluding hydrogens is 354 g/mol. The van der Waals surface area contributed by atoms with Gasteiger partial charge in [-0.1, -0.05) is 11.6 Å². The van der Waals surface area contributed by atoms with Crippen LogP contribution in [0.4, 0.5) is 0 Å². The third kappa shape index (κ3) is 3.65. The van der Waals surface area contributed by atoms with Crippen LogP contribution in [0.25, 0.3) is 0 Å². The lowest BCUT2D eigenvalue weighted by atomic mass is 10.0. The first kappa shape index (κ1) is 18.2. The maximum atomic E-state index is 12.8. The molecule has 1 aromatic heterocycles. The van der Waals surface area contributed by atoms with Gasteiger partial charge in [-0.25, -0.2) is 0 Å². The largest absolute Gasteiger partial charge is 0.335 e. The van der Waals surface area contributed by atoms with Crippen LogP contribution in [0.5, 0.6) is 0 Å². The lowest BCUT2D eigenvalue weighted by Gasteiger charge is -2.35. The van der Waals surface area contributed by atoms with E-state index < -0.39 is 0 Å². The summed E-state index contributed by atoms with van der Waals surface area (Å²) in [6, 6.07) is 6.46. The fourth-order valence-electron chi connectivity index (χ4n) is 2.95. The first-order valence-corrected chi connectivity index (χ1v) is 8.78. The Hall–Kier alpha value is -2.60.